The van der Waals surface area contributed by atoms with E-state index in [1.54, 1.807) is 13.2 Å². The lowest BCUT2D eigenvalue weighted by molar-refractivity contribution is -0.123. The van der Waals surface area contributed by atoms with Crippen molar-refractivity contribution in [2.45, 2.75) is 31.1 Å². The number of rotatable bonds is 2. The number of para-hydroxylation sites is 1. The zero-order valence-electron chi connectivity index (χ0n) is 16.2. The molecule has 1 aromatic heterocycles. The number of H-pyrrole nitrogens is 1. The van der Waals surface area contributed by atoms with Crippen LogP contribution in [0.5, 0.6) is 5.75 Å². The van der Waals surface area contributed by atoms with Crippen molar-refractivity contribution < 1.29 is 14.3 Å². The van der Waals surface area contributed by atoms with Crippen LogP contribution in [-0.2, 0) is 9.59 Å². The summed E-state index contributed by atoms with van der Waals surface area (Å²) < 4.78 is 5.31. The highest BCUT2D eigenvalue weighted by Crippen LogP contribution is 2.58. The van der Waals surface area contributed by atoms with Gasteiger partial charge in [0, 0.05) is 22.7 Å². The van der Waals surface area contributed by atoms with Crippen LogP contribution < -0.4 is 9.64 Å². The summed E-state index contributed by atoms with van der Waals surface area (Å²) >= 11 is 0. The fourth-order valence-corrected chi connectivity index (χ4v) is 6.04. The first kappa shape index (κ1) is 16.8. The summed E-state index contributed by atoms with van der Waals surface area (Å²) in [6, 6.07) is 15.5. The number of hydrogen-bond donors (Lipinski definition) is 1. The minimum absolute atomic E-state index is 0.0607. The molecule has 2 heterocycles. The molecule has 1 saturated heterocycles. The largest absolute Gasteiger partial charge is 0.497 e. The monoisotopic (exact) mass is 386 g/mol. The first-order valence-corrected chi connectivity index (χ1v) is 10.3. The Morgan fingerprint density at radius 1 is 1.03 bits per heavy atom. The second kappa shape index (κ2) is 5.96. The summed E-state index contributed by atoms with van der Waals surface area (Å²) in [6.45, 7) is 0. The zero-order chi connectivity index (χ0) is 19.7. The van der Waals surface area contributed by atoms with Gasteiger partial charge in [-0.1, -0.05) is 30.7 Å². The number of carbonyl (C=O) groups is 2. The number of aromatic amines is 1. The SMILES string of the molecule is COc1cccc(N2C(=O)[C@H]3[C@H]4CCC[C@@H]4c4c([nH]c5ccccc45)[C@H]3C2=O)c1. The summed E-state index contributed by atoms with van der Waals surface area (Å²) in [4.78, 5) is 32.1. The number of nitrogens with zero attached hydrogens (tertiary/aromatic N) is 1. The number of carbonyl (C=O) groups excluding carboxylic acids is 2. The normalized spacial score (nSPS) is 27.8. The number of imide groups is 1. The van der Waals surface area contributed by atoms with Crippen molar-refractivity contribution in [1.29, 1.82) is 0 Å². The Labute approximate surface area is 168 Å². The van der Waals surface area contributed by atoms with Crippen molar-refractivity contribution in [2.24, 2.45) is 11.8 Å². The third kappa shape index (κ3) is 2.16. The van der Waals surface area contributed by atoms with Crippen LogP contribution in [0.25, 0.3) is 10.9 Å². The van der Waals surface area contributed by atoms with Gasteiger partial charge in [-0.3, -0.25) is 9.59 Å². The van der Waals surface area contributed by atoms with Crippen molar-refractivity contribution in [1.82, 2.24) is 4.98 Å². The molecule has 4 atom stereocenters. The van der Waals surface area contributed by atoms with E-state index in [1.807, 2.05) is 24.3 Å². The second-order valence-electron chi connectivity index (χ2n) is 8.42. The molecular formula is C24H22N2O3. The number of nitrogens with one attached hydrogen (secondary N) is 1. The molecule has 1 N–H and O–H groups in total. The minimum Gasteiger partial charge on any atom is -0.497 e. The fourth-order valence-electron chi connectivity index (χ4n) is 6.04. The summed E-state index contributed by atoms with van der Waals surface area (Å²) in [5, 5.41) is 1.21. The molecule has 2 amide bonds. The van der Waals surface area contributed by atoms with Gasteiger partial charge >= 0.3 is 0 Å². The van der Waals surface area contributed by atoms with Crippen LogP contribution in [0.1, 0.15) is 42.4 Å². The Bertz CT molecular complexity index is 1160. The highest BCUT2D eigenvalue weighted by atomic mass is 16.5. The highest BCUT2D eigenvalue weighted by Gasteiger charge is 2.59. The van der Waals surface area contributed by atoms with Gasteiger partial charge in [-0.05, 0) is 48.4 Å². The van der Waals surface area contributed by atoms with E-state index in [1.165, 1.54) is 15.8 Å². The number of amides is 2. The van der Waals surface area contributed by atoms with Gasteiger partial charge in [0.2, 0.25) is 11.8 Å². The maximum atomic E-state index is 13.6. The first-order chi connectivity index (χ1) is 14.2. The Kier molecular flexibility index (Phi) is 3.46. The van der Waals surface area contributed by atoms with Gasteiger partial charge in [0.25, 0.3) is 0 Å². The number of benzene rings is 2. The van der Waals surface area contributed by atoms with Crippen LogP contribution in [0.4, 0.5) is 5.69 Å². The maximum absolute atomic E-state index is 13.6. The van der Waals surface area contributed by atoms with E-state index in [0.717, 1.165) is 30.5 Å². The molecule has 0 unspecified atom stereocenters. The van der Waals surface area contributed by atoms with Gasteiger partial charge in [0.1, 0.15) is 5.75 Å². The lowest BCUT2D eigenvalue weighted by Gasteiger charge is -2.33. The molecular weight excluding hydrogens is 364 g/mol. The lowest BCUT2D eigenvalue weighted by Crippen LogP contribution is -2.33. The third-order valence-electron chi connectivity index (χ3n) is 7.15. The van der Waals surface area contributed by atoms with Crippen LogP contribution in [0.3, 0.4) is 0 Å². The predicted octanol–water partition coefficient (Wildman–Crippen LogP) is 4.35. The van der Waals surface area contributed by atoms with Crippen molar-refractivity contribution in [3.8, 4) is 5.75 Å². The molecule has 2 aliphatic carbocycles. The van der Waals surface area contributed by atoms with Crippen LogP contribution in [0.2, 0.25) is 0 Å². The van der Waals surface area contributed by atoms with E-state index in [9.17, 15) is 9.59 Å². The molecule has 3 aromatic rings. The second-order valence-corrected chi connectivity index (χ2v) is 8.42. The minimum atomic E-state index is -0.421. The van der Waals surface area contributed by atoms with E-state index in [-0.39, 0.29) is 23.7 Å². The molecule has 6 rings (SSSR count). The topological polar surface area (TPSA) is 62.4 Å². The van der Waals surface area contributed by atoms with Crippen LogP contribution in [0, 0.1) is 11.8 Å². The Balaban J connectivity index is 1.54. The summed E-state index contributed by atoms with van der Waals surface area (Å²) in [7, 11) is 1.59. The maximum Gasteiger partial charge on any atom is 0.243 e. The molecule has 0 spiro atoms. The van der Waals surface area contributed by atoms with Gasteiger partial charge in [0.05, 0.1) is 24.6 Å². The summed E-state index contributed by atoms with van der Waals surface area (Å²) in [5.41, 5.74) is 3.89. The Morgan fingerprint density at radius 2 is 1.90 bits per heavy atom. The van der Waals surface area contributed by atoms with E-state index in [4.69, 9.17) is 4.74 Å². The van der Waals surface area contributed by atoms with E-state index in [2.05, 4.69) is 23.2 Å². The van der Waals surface area contributed by atoms with Gasteiger partial charge in [0.15, 0.2) is 0 Å². The Morgan fingerprint density at radius 3 is 2.76 bits per heavy atom. The van der Waals surface area contributed by atoms with Crippen molar-refractivity contribution in [3.63, 3.8) is 0 Å². The van der Waals surface area contributed by atoms with Gasteiger partial charge in [-0.25, -0.2) is 4.90 Å². The van der Waals surface area contributed by atoms with Crippen molar-refractivity contribution >= 4 is 28.4 Å². The Hall–Kier alpha value is -3.08. The number of ether oxygens (including phenoxy) is 1. The molecule has 0 radical (unpaired) electrons. The van der Waals surface area contributed by atoms with Crippen molar-refractivity contribution in [3.05, 3.63) is 59.8 Å². The molecule has 3 aliphatic rings. The molecule has 2 aromatic carbocycles. The van der Waals surface area contributed by atoms with Crippen LogP contribution in [0.15, 0.2) is 48.5 Å². The quantitative estimate of drug-likeness (QED) is 0.666. The molecule has 1 aliphatic heterocycles. The van der Waals surface area contributed by atoms with Gasteiger partial charge in [-0.15, -0.1) is 0 Å². The molecule has 2 fully saturated rings. The molecule has 5 heteroatoms. The third-order valence-corrected chi connectivity index (χ3v) is 7.15. The molecule has 146 valence electrons. The van der Waals surface area contributed by atoms with E-state index in [0.29, 0.717) is 17.4 Å². The fraction of sp³-hybridized carbons (Fsp3) is 0.333. The summed E-state index contributed by atoms with van der Waals surface area (Å²) in [5.74, 6) is 0.351. The number of aromatic nitrogens is 1. The average molecular weight is 386 g/mol. The standard InChI is InChI=1S/C24H22N2O3/c1-29-14-7-4-6-13(12-14)26-23(27)20-16-10-5-9-15(16)19-17-8-2-3-11-18(17)25-22(19)21(20)24(26)28/h2-4,6-8,11-12,15-16,20-21,25H,5,9-10H2,1H3/t15-,16-,20-,21-/m0/s1. The lowest BCUT2D eigenvalue weighted by atomic mass is 9.67. The number of hydrogen-bond acceptors (Lipinski definition) is 3. The molecule has 5 nitrogen and oxygen atoms in total. The van der Waals surface area contributed by atoms with E-state index < -0.39 is 5.92 Å². The van der Waals surface area contributed by atoms with Gasteiger partial charge < -0.3 is 9.72 Å². The molecule has 0 bridgehead atoms. The van der Waals surface area contributed by atoms with Crippen molar-refractivity contribution in [2.75, 3.05) is 12.0 Å². The molecule has 29 heavy (non-hydrogen) atoms. The van der Waals surface area contributed by atoms with E-state index >= 15 is 0 Å². The number of anilines is 1. The van der Waals surface area contributed by atoms with Crippen LogP contribution >= 0.6 is 0 Å². The molecule has 1 saturated carbocycles. The predicted molar refractivity (Wildman–Crippen MR) is 110 cm³/mol. The van der Waals surface area contributed by atoms with Crippen LogP contribution in [-0.4, -0.2) is 23.9 Å². The first-order valence-electron chi connectivity index (χ1n) is 10.3. The zero-order valence-corrected chi connectivity index (χ0v) is 16.2. The smallest absolute Gasteiger partial charge is 0.243 e. The number of fused-ring (bicyclic) bond motifs is 8. The number of methoxy groups -OCH3 is 1. The van der Waals surface area contributed by atoms with Gasteiger partial charge in [-0.2, -0.15) is 0 Å². The highest BCUT2D eigenvalue weighted by molar-refractivity contribution is 6.24. The average Bonchev–Trinajstić information content (AvgIpc) is 3.42. The summed E-state index contributed by atoms with van der Waals surface area (Å²) in [6.07, 6.45) is 3.21.